The highest BCUT2D eigenvalue weighted by Gasteiger charge is 1.75. The van der Waals surface area contributed by atoms with E-state index in [0.29, 0.717) is 0 Å². The van der Waals surface area contributed by atoms with Gasteiger partial charge in [-0.15, -0.1) is 5.16 Å². The molecule has 0 aromatic heterocycles. The van der Waals surface area contributed by atoms with Gasteiger partial charge in [-0.1, -0.05) is 13.3 Å². The van der Waals surface area contributed by atoms with Crippen molar-refractivity contribution in [1.82, 2.24) is 0 Å². The average molecular weight is 100 g/mol. The summed E-state index contributed by atoms with van der Waals surface area (Å²) < 4.78 is 0. The quantitative estimate of drug-likeness (QED) is 0.247. The van der Waals surface area contributed by atoms with Crippen LogP contribution in [0.15, 0.2) is 5.16 Å². The molecule has 0 atom stereocenters. The molecule has 0 rings (SSSR count). The number of oxime groups is 1. The predicted molar refractivity (Wildman–Crippen MR) is 29.5 cm³/mol. The highest BCUT2D eigenvalue weighted by molar-refractivity contribution is 5.66. The van der Waals surface area contributed by atoms with Crippen LogP contribution >= 0.6 is 0 Å². The van der Waals surface area contributed by atoms with E-state index in [4.69, 9.17) is 5.21 Å². The lowest BCUT2D eigenvalue weighted by Gasteiger charge is -1.81. The van der Waals surface area contributed by atoms with E-state index in [9.17, 15) is 0 Å². The normalized spacial score (nSPS) is 10.4. The SMILES string of the molecule is CCC[CH]C=NO. The van der Waals surface area contributed by atoms with Gasteiger partial charge in [-0.2, -0.15) is 0 Å². The first kappa shape index (κ1) is 6.47. The summed E-state index contributed by atoms with van der Waals surface area (Å²) in [6, 6.07) is 0. The van der Waals surface area contributed by atoms with Crippen LogP contribution in [0.25, 0.3) is 0 Å². The fourth-order valence-corrected chi connectivity index (χ4v) is 0.288. The first-order valence-corrected chi connectivity index (χ1v) is 2.41. The van der Waals surface area contributed by atoms with Gasteiger partial charge in [-0.3, -0.25) is 0 Å². The first-order valence-electron chi connectivity index (χ1n) is 2.41. The fraction of sp³-hybridized carbons (Fsp3) is 0.600. The van der Waals surface area contributed by atoms with Crippen LogP contribution in [0, 0.1) is 6.42 Å². The standard InChI is InChI=1S/C5H10NO/c1-2-3-4-5-6-7/h4-5,7H,2-3H2,1H3. The summed E-state index contributed by atoms with van der Waals surface area (Å²) in [6.45, 7) is 2.07. The van der Waals surface area contributed by atoms with Gasteiger partial charge in [-0.25, -0.2) is 0 Å². The smallest absolute Gasteiger partial charge is 0.0473 e. The van der Waals surface area contributed by atoms with Crippen molar-refractivity contribution in [3.8, 4) is 0 Å². The van der Waals surface area contributed by atoms with E-state index in [0.717, 1.165) is 12.8 Å². The largest absolute Gasteiger partial charge is 0.411 e. The van der Waals surface area contributed by atoms with Crippen LogP contribution in [0.3, 0.4) is 0 Å². The van der Waals surface area contributed by atoms with Gasteiger partial charge in [0, 0.05) is 12.6 Å². The molecule has 0 aliphatic carbocycles. The molecule has 2 nitrogen and oxygen atoms in total. The third-order valence-corrected chi connectivity index (χ3v) is 0.627. The van der Waals surface area contributed by atoms with Crippen LogP contribution in [-0.4, -0.2) is 11.4 Å². The van der Waals surface area contributed by atoms with Gasteiger partial charge in [0.25, 0.3) is 0 Å². The monoisotopic (exact) mass is 100 g/mol. The molecule has 0 spiro atoms. The second-order valence-corrected chi connectivity index (χ2v) is 1.29. The fourth-order valence-electron chi connectivity index (χ4n) is 0.288. The van der Waals surface area contributed by atoms with Crippen molar-refractivity contribution < 1.29 is 5.21 Å². The van der Waals surface area contributed by atoms with E-state index >= 15 is 0 Å². The summed E-state index contributed by atoms with van der Waals surface area (Å²) in [7, 11) is 0. The second kappa shape index (κ2) is 5.47. The van der Waals surface area contributed by atoms with E-state index < -0.39 is 0 Å². The zero-order valence-corrected chi connectivity index (χ0v) is 4.46. The average Bonchev–Trinajstić information content (AvgIpc) is 1.69. The van der Waals surface area contributed by atoms with Gasteiger partial charge in [0.05, 0.1) is 0 Å². The minimum absolute atomic E-state index is 0.990. The minimum Gasteiger partial charge on any atom is -0.411 e. The summed E-state index contributed by atoms with van der Waals surface area (Å²) >= 11 is 0. The Hall–Kier alpha value is -0.530. The van der Waals surface area contributed by atoms with Crippen molar-refractivity contribution in [2.75, 3.05) is 0 Å². The van der Waals surface area contributed by atoms with Gasteiger partial charge in [-0.05, 0) is 6.42 Å². The molecular formula is C5H10NO. The van der Waals surface area contributed by atoms with Crippen LogP contribution in [0.2, 0.25) is 0 Å². The summed E-state index contributed by atoms with van der Waals surface area (Å²) in [6.07, 6.45) is 5.31. The molecule has 0 aromatic carbocycles. The summed E-state index contributed by atoms with van der Waals surface area (Å²) in [4.78, 5) is 0. The second-order valence-electron chi connectivity index (χ2n) is 1.29. The van der Waals surface area contributed by atoms with E-state index in [-0.39, 0.29) is 0 Å². The highest BCUT2D eigenvalue weighted by atomic mass is 16.4. The van der Waals surface area contributed by atoms with Crippen molar-refractivity contribution in [3.63, 3.8) is 0 Å². The van der Waals surface area contributed by atoms with E-state index in [1.807, 2.05) is 6.42 Å². The molecule has 1 N–H and O–H groups in total. The van der Waals surface area contributed by atoms with Crippen molar-refractivity contribution in [1.29, 1.82) is 0 Å². The Balaban J connectivity index is 2.69. The number of hydrogen-bond acceptors (Lipinski definition) is 2. The van der Waals surface area contributed by atoms with E-state index in [1.54, 1.807) is 0 Å². The van der Waals surface area contributed by atoms with Crippen molar-refractivity contribution in [2.24, 2.45) is 5.16 Å². The van der Waals surface area contributed by atoms with Gasteiger partial charge >= 0.3 is 0 Å². The molecule has 0 amide bonds. The summed E-state index contributed by atoms with van der Waals surface area (Å²) in [5.41, 5.74) is 0. The van der Waals surface area contributed by atoms with Crippen LogP contribution < -0.4 is 0 Å². The molecule has 0 saturated carbocycles. The minimum atomic E-state index is 0.990. The number of nitrogens with zero attached hydrogens (tertiary/aromatic N) is 1. The molecule has 0 heterocycles. The van der Waals surface area contributed by atoms with Crippen molar-refractivity contribution >= 4 is 6.21 Å². The Morgan fingerprint density at radius 3 is 2.86 bits per heavy atom. The molecule has 0 aliphatic heterocycles. The van der Waals surface area contributed by atoms with Crippen molar-refractivity contribution in [3.05, 3.63) is 6.42 Å². The summed E-state index contributed by atoms with van der Waals surface area (Å²) in [5, 5.41) is 10.6. The van der Waals surface area contributed by atoms with Gasteiger partial charge < -0.3 is 5.21 Å². The molecule has 0 fully saturated rings. The van der Waals surface area contributed by atoms with Gasteiger partial charge in [0.15, 0.2) is 0 Å². The molecule has 41 valence electrons. The lowest BCUT2D eigenvalue weighted by Crippen LogP contribution is -1.74. The van der Waals surface area contributed by atoms with Crippen LogP contribution in [0.1, 0.15) is 19.8 Å². The zero-order chi connectivity index (χ0) is 5.54. The van der Waals surface area contributed by atoms with Crippen LogP contribution in [0.5, 0.6) is 0 Å². The predicted octanol–water partition coefficient (Wildman–Crippen LogP) is 1.45. The number of unbranched alkanes of at least 4 members (excludes halogenated alkanes) is 2. The lowest BCUT2D eigenvalue weighted by molar-refractivity contribution is 0.321. The Kier molecular flexibility index (Phi) is 5.06. The van der Waals surface area contributed by atoms with Gasteiger partial charge in [0.1, 0.15) is 0 Å². The molecule has 0 unspecified atom stereocenters. The zero-order valence-electron chi connectivity index (χ0n) is 4.46. The molecule has 7 heavy (non-hydrogen) atoms. The molecular weight excluding hydrogens is 90.1 g/mol. The molecule has 2 heteroatoms. The number of hydrogen-bond donors (Lipinski definition) is 1. The van der Waals surface area contributed by atoms with Crippen LogP contribution in [0.4, 0.5) is 0 Å². The van der Waals surface area contributed by atoms with Crippen LogP contribution in [-0.2, 0) is 0 Å². The Bertz CT molecular complexity index is 52.0. The maximum atomic E-state index is 7.83. The van der Waals surface area contributed by atoms with E-state index in [2.05, 4.69) is 12.1 Å². The molecule has 0 aromatic rings. The maximum absolute atomic E-state index is 7.83. The third kappa shape index (κ3) is 5.47. The third-order valence-electron chi connectivity index (χ3n) is 0.627. The summed E-state index contributed by atoms with van der Waals surface area (Å²) in [5.74, 6) is 0. The first-order chi connectivity index (χ1) is 3.41. The Morgan fingerprint density at radius 2 is 2.43 bits per heavy atom. The maximum Gasteiger partial charge on any atom is 0.0473 e. The van der Waals surface area contributed by atoms with Crippen molar-refractivity contribution in [2.45, 2.75) is 19.8 Å². The molecule has 0 saturated heterocycles. The van der Waals surface area contributed by atoms with E-state index in [1.165, 1.54) is 6.21 Å². The molecule has 0 bridgehead atoms. The topological polar surface area (TPSA) is 32.6 Å². The lowest BCUT2D eigenvalue weighted by atomic mass is 10.3. The molecule has 1 radical (unpaired) electrons. The number of rotatable bonds is 3. The molecule has 0 aliphatic rings. The van der Waals surface area contributed by atoms with Gasteiger partial charge in [0.2, 0.25) is 0 Å². The highest BCUT2D eigenvalue weighted by Crippen LogP contribution is 1.86. The Labute approximate surface area is 43.8 Å². The Morgan fingerprint density at radius 1 is 1.71 bits per heavy atom.